The molecule has 0 amide bonds. The number of nitrogens with zero attached hydrogens (tertiary/aromatic N) is 6. The lowest BCUT2D eigenvalue weighted by Crippen LogP contribution is -2.44. The van der Waals surface area contributed by atoms with E-state index in [1.165, 1.54) is 6.42 Å². The minimum atomic E-state index is 0.938. The largest absolute Gasteiger partial charge is 0.352 e. The van der Waals surface area contributed by atoms with E-state index in [0.717, 1.165) is 56.1 Å². The van der Waals surface area contributed by atoms with Gasteiger partial charge in [0.2, 0.25) is 0 Å². The van der Waals surface area contributed by atoms with Gasteiger partial charge in [-0.05, 0) is 13.5 Å². The molecule has 2 aromatic rings. The average Bonchev–Trinajstić information content (AvgIpc) is 2.89. The van der Waals surface area contributed by atoms with Gasteiger partial charge in [-0.2, -0.15) is 0 Å². The summed E-state index contributed by atoms with van der Waals surface area (Å²) in [4.78, 5) is 18.1. The van der Waals surface area contributed by atoms with Crippen LogP contribution in [-0.4, -0.2) is 57.6 Å². The van der Waals surface area contributed by atoms with E-state index in [1.807, 2.05) is 6.33 Å². The maximum atomic E-state index is 4.55. The van der Waals surface area contributed by atoms with Crippen LogP contribution in [0.4, 0.5) is 5.82 Å². The molecule has 6 heteroatoms. The topological polar surface area (TPSA) is 50.1 Å². The molecule has 20 heavy (non-hydrogen) atoms. The number of aromatic nitrogens is 4. The highest BCUT2D eigenvalue weighted by Gasteiger charge is 2.19. The fourth-order valence-corrected chi connectivity index (χ4v) is 2.61. The van der Waals surface area contributed by atoms with Gasteiger partial charge in [0.1, 0.15) is 6.33 Å². The van der Waals surface area contributed by atoms with Crippen LogP contribution >= 0.6 is 0 Å². The van der Waals surface area contributed by atoms with Gasteiger partial charge in [0, 0.05) is 32.7 Å². The van der Waals surface area contributed by atoms with E-state index in [2.05, 4.69) is 43.3 Å². The number of unbranched alkanes of at least 4 members (excludes halogenated alkanes) is 1. The second-order valence-corrected chi connectivity index (χ2v) is 5.45. The van der Waals surface area contributed by atoms with Crippen LogP contribution in [-0.2, 0) is 6.54 Å². The van der Waals surface area contributed by atoms with Crippen molar-refractivity contribution in [2.45, 2.75) is 26.3 Å². The van der Waals surface area contributed by atoms with Gasteiger partial charge >= 0.3 is 0 Å². The van der Waals surface area contributed by atoms with Crippen molar-refractivity contribution in [3.8, 4) is 0 Å². The van der Waals surface area contributed by atoms with Crippen molar-refractivity contribution in [1.29, 1.82) is 0 Å². The Morgan fingerprint density at radius 2 is 1.90 bits per heavy atom. The molecule has 3 rings (SSSR count). The minimum Gasteiger partial charge on any atom is -0.352 e. The lowest BCUT2D eigenvalue weighted by molar-refractivity contribution is 0.312. The third-order valence-corrected chi connectivity index (χ3v) is 3.94. The van der Waals surface area contributed by atoms with Crippen molar-refractivity contribution in [3.63, 3.8) is 0 Å². The zero-order valence-corrected chi connectivity index (χ0v) is 12.3. The number of imidazole rings is 1. The Kier molecular flexibility index (Phi) is 3.82. The highest BCUT2D eigenvalue weighted by molar-refractivity contribution is 5.83. The summed E-state index contributed by atoms with van der Waals surface area (Å²) >= 11 is 0. The first-order chi connectivity index (χ1) is 9.79. The van der Waals surface area contributed by atoms with Crippen LogP contribution in [0.2, 0.25) is 0 Å². The predicted molar refractivity (Wildman–Crippen MR) is 79.9 cm³/mol. The maximum absolute atomic E-state index is 4.55. The first kappa shape index (κ1) is 13.3. The third kappa shape index (κ3) is 2.47. The Bertz CT molecular complexity index is 570. The number of rotatable bonds is 4. The normalized spacial score (nSPS) is 17.0. The molecule has 0 unspecified atom stereocenters. The van der Waals surface area contributed by atoms with Crippen LogP contribution in [0.15, 0.2) is 12.7 Å². The number of piperazine rings is 1. The van der Waals surface area contributed by atoms with E-state index in [9.17, 15) is 0 Å². The number of likely N-dealkylation sites (N-methyl/N-ethyl adjacent to an activating group) is 1. The van der Waals surface area contributed by atoms with Crippen molar-refractivity contribution in [2.24, 2.45) is 0 Å². The smallest absolute Gasteiger partial charge is 0.165 e. The molecule has 0 bridgehead atoms. The molecule has 0 aliphatic carbocycles. The van der Waals surface area contributed by atoms with Crippen molar-refractivity contribution in [3.05, 3.63) is 12.7 Å². The highest BCUT2D eigenvalue weighted by Crippen LogP contribution is 2.22. The van der Waals surface area contributed by atoms with Crippen molar-refractivity contribution in [2.75, 3.05) is 38.1 Å². The average molecular weight is 274 g/mol. The lowest BCUT2D eigenvalue weighted by atomic mass is 10.3. The van der Waals surface area contributed by atoms with E-state index in [-0.39, 0.29) is 0 Å². The quantitative estimate of drug-likeness (QED) is 0.843. The Morgan fingerprint density at radius 1 is 1.10 bits per heavy atom. The van der Waals surface area contributed by atoms with E-state index in [1.54, 1.807) is 6.33 Å². The molecule has 2 aromatic heterocycles. The molecule has 3 heterocycles. The number of fused-ring (bicyclic) bond motifs is 1. The summed E-state index contributed by atoms with van der Waals surface area (Å²) in [6.45, 7) is 7.33. The van der Waals surface area contributed by atoms with E-state index >= 15 is 0 Å². The summed E-state index contributed by atoms with van der Waals surface area (Å²) < 4.78 is 2.14. The van der Waals surface area contributed by atoms with Crippen LogP contribution in [0.1, 0.15) is 19.8 Å². The molecule has 0 atom stereocenters. The maximum Gasteiger partial charge on any atom is 0.165 e. The molecule has 1 fully saturated rings. The predicted octanol–water partition coefficient (Wildman–Crippen LogP) is 1.38. The van der Waals surface area contributed by atoms with E-state index < -0.39 is 0 Å². The third-order valence-electron chi connectivity index (χ3n) is 3.94. The van der Waals surface area contributed by atoms with Crippen molar-refractivity contribution in [1.82, 2.24) is 24.4 Å². The van der Waals surface area contributed by atoms with Gasteiger partial charge in [0.25, 0.3) is 0 Å². The van der Waals surface area contributed by atoms with Gasteiger partial charge in [0.05, 0.1) is 6.33 Å². The first-order valence-electron chi connectivity index (χ1n) is 7.39. The molecular formula is C14H22N6. The summed E-state index contributed by atoms with van der Waals surface area (Å²) in [6.07, 6.45) is 5.89. The van der Waals surface area contributed by atoms with Gasteiger partial charge < -0.3 is 14.4 Å². The van der Waals surface area contributed by atoms with Gasteiger partial charge in [0.15, 0.2) is 17.0 Å². The summed E-state index contributed by atoms with van der Waals surface area (Å²) in [5.74, 6) is 0.985. The number of aryl methyl sites for hydroxylation is 1. The van der Waals surface area contributed by atoms with Gasteiger partial charge in [-0.1, -0.05) is 13.3 Å². The Hall–Kier alpha value is -1.69. The van der Waals surface area contributed by atoms with Crippen LogP contribution in [0.25, 0.3) is 11.2 Å². The Morgan fingerprint density at radius 3 is 2.65 bits per heavy atom. The van der Waals surface area contributed by atoms with E-state index in [0.29, 0.717) is 0 Å². The molecule has 1 saturated heterocycles. The molecule has 1 aliphatic rings. The standard InChI is InChI=1S/C14H22N6/c1-3-4-5-20-11-17-12-13(15-10-16-14(12)20)19-8-6-18(2)7-9-19/h10-11H,3-9H2,1-2H3. The molecule has 0 radical (unpaired) electrons. The van der Waals surface area contributed by atoms with E-state index in [4.69, 9.17) is 0 Å². The van der Waals surface area contributed by atoms with Gasteiger partial charge in [-0.25, -0.2) is 15.0 Å². The van der Waals surface area contributed by atoms with Crippen LogP contribution in [0, 0.1) is 0 Å². The SMILES string of the molecule is CCCCn1cnc2c(N3CCN(C)CC3)ncnc21. The number of anilines is 1. The summed E-state index contributed by atoms with van der Waals surface area (Å²) in [6, 6.07) is 0. The van der Waals surface area contributed by atoms with Crippen molar-refractivity contribution < 1.29 is 0 Å². The molecule has 6 nitrogen and oxygen atoms in total. The zero-order chi connectivity index (χ0) is 13.9. The lowest BCUT2D eigenvalue weighted by Gasteiger charge is -2.33. The van der Waals surface area contributed by atoms with Crippen LogP contribution in [0.5, 0.6) is 0 Å². The second-order valence-electron chi connectivity index (χ2n) is 5.45. The summed E-state index contributed by atoms with van der Waals surface area (Å²) in [5, 5.41) is 0. The Balaban J connectivity index is 1.90. The number of hydrogen-bond acceptors (Lipinski definition) is 5. The zero-order valence-electron chi connectivity index (χ0n) is 12.3. The Labute approximate surface area is 119 Å². The monoisotopic (exact) mass is 274 g/mol. The molecule has 0 saturated carbocycles. The summed E-state index contributed by atoms with van der Waals surface area (Å²) in [7, 11) is 2.16. The van der Waals surface area contributed by atoms with Crippen molar-refractivity contribution >= 4 is 17.0 Å². The number of hydrogen-bond donors (Lipinski definition) is 0. The summed E-state index contributed by atoms with van der Waals surface area (Å²) in [5.41, 5.74) is 1.90. The van der Waals surface area contributed by atoms with Crippen LogP contribution in [0.3, 0.4) is 0 Å². The molecule has 0 N–H and O–H groups in total. The molecular weight excluding hydrogens is 252 g/mol. The van der Waals surface area contributed by atoms with Gasteiger partial charge in [-0.3, -0.25) is 0 Å². The second kappa shape index (κ2) is 5.75. The fourth-order valence-electron chi connectivity index (χ4n) is 2.61. The molecule has 108 valence electrons. The highest BCUT2D eigenvalue weighted by atomic mass is 15.3. The fraction of sp³-hybridized carbons (Fsp3) is 0.643. The molecule has 0 spiro atoms. The van der Waals surface area contributed by atoms with Crippen LogP contribution < -0.4 is 4.90 Å². The first-order valence-corrected chi connectivity index (χ1v) is 7.39. The molecule has 1 aliphatic heterocycles. The molecule has 0 aromatic carbocycles. The minimum absolute atomic E-state index is 0.938. The van der Waals surface area contributed by atoms with Gasteiger partial charge in [-0.15, -0.1) is 0 Å².